The molecule has 2 rings (SSSR count). The Hall–Kier alpha value is -0.830. The van der Waals surface area contributed by atoms with Gasteiger partial charge in [0.1, 0.15) is 0 Å². The van der Waals surface area contributed by atoms with Gasteiger partial charge in [0.05, 0.1) is 10.5 Å². The van der Waals surface area contributed by atoms with Crippen LogP contribution in [0.25, 0.3) is 0 Å². The van der Waals surface area contributed by atoms with Crippen LogP contribution >= 0.6 is 34.4 Å². The summed E-state index contributed by atoms with van der Waals surface area (Å²) < 4.78 is 0.727. The molecule has 1 N–H and O–H groups in total. The van der Waals surface area contributed by atoms with Gasteiger partial charge in [-0.05, 0) is 54.2 Å². The molecule has 108 valence electrons. The van der Waals surface area contributed by atoms with E-state index in [2.05, 4.69) is 11.6 Å². The number of nitrogens with zero attached hydrogens (tertiary/aromatic N) is 1. The lowest BCUT2D eigenvalue weighted by Gasteiger charge is -2.13. The van der Waals surface area contributed by atoms with E-state index in [1.54, 1.807) is 6.07 Å². The topological polar surface area (TPSA) is 72.2 Å². The molecule has 0 spiro atoms. The van der Waals surface area contributed by atoms with Gasteiger partial charge in [-0.3, -0.25) is 14.9 Å². The summed E-state index contributed by atoms with van der Waals surface area (Å²) in [6, 6.07) is 4.54. The summed E-state index contributed by atoms with van der Waals surface area (Å²) in [5.74, 6) is -0.218. The van der Waals surface area contributed by atoms with E-state index in [-0.39, 0.29) is 17.6 Å². The molecule has 1 fully saturated rings. The van der Waals surface area contributed by atoms with Crippen LogP contribution in [0.2, 0.25) is 0 Å². The number of carbonyl (C=O) groups excluding carboxylic acids is 1. The first-order valence-corrected chi connectivity index (χ1v) is 8.65. The lowest BCUT2D eigenvalue weighted by Crippen LogP contribution is -2.33. The van der Waals surface area contributed by atoms with E-state index in [1.807, 2.05) is 34.4 Å². The Morgan fingerprint density at radius 2 is 2.25 bits per heavy atom. The quantitative estimate of drug-likeness (QED) is 0.474. The van der Waals surface area contributed by atoms with Gasteiger partial charge in [-0.25, -0.2) is 0 Å². The van der Waals surface area contributed by atoms with Crippen molar-refractivity contribution in [1.29, 1.82) is 0 Å². The summed E-state index contributed by atoms with van der Waals surface area (Å²) in [7, 11) is 0. The number of amides is 1. The van der Waals surface area contributed by atoms with E-state index in [1.165, 1.54) is 12.1 Å². The van der Waals surface area contributed by atoms with E-state index in [4.69, 9.17) is 0 Å². The average molecular weight is 406 g/mol. The van der Waals surface area contributed by atoms with Crippen LogP contribution in [0.15, 0.2) is 18.2 Å². The molecule has 1 aliphatic carbocycles. The zero-order valence-electron chi connectivity index (χ0n) is 11.0. The van der Waals surface area contributed by atoms with Crippen LogP contribution in [0.3, 0.4) is 0 Å². The number of thioether (sulfide) groups is 1. The molecule has 0 radical (unpaired) electrons. The van der Waals surface area contributed by atoms with E-state index >= 15 is 0 Å². The van der Waals surface area contributed by atoms with Crippen LogP contribution in [-0.2, 0) is 0 Å². The van der Waals surface area contributed by atoms with E-state index in [0.29, 0.717) is 10.8 Å². The Bertz CT molecular complexity index is 538. The second-order valence-corrected chi connectivity index (χ2v) is 7.06. The molecule has 0 saturated heterocycles. The molecule has 0 aliphatic heterocycles. The fourth-order valence-corrected chi connectivity index (χ4v) is 3.73. The second-order valence-electron chi connectivity index (χ2n) is 4.76. The van der Waals surface area contributed by atoms with Crippen LogP contribution < -0.4 is 5.32 Å². The maximum atomic E-state index is 12.2. The van der Waals surface area contributed by atoms with Crippen molar-refractivity contribution >= 4 is 45.9 Å². The SMILES string of the molecule is CSC1CCC(NC(=O)c2cc([N+](=O)[O-])ccc2I)C1. The van der Waals surface area contributed by atoms with Crippen molar-refractivity contribution in [2.24, 2.45) is 0 Å². The molecule has 2 atom stereocenters. The Balaban J connectivity index is 2.09. The van der Waals surface area contributed by atoms with Crippen LogP contribution in [-0.4, -0.2) is 28.4 Å². The van der Waals surface area contributed by atoms with Crippen LogP contribution in [0.1, 0.15) is 29.6 Å². The molecule has 2 unspecified atom stereocenters. The number of carbonyl (C=O) groups is 1. The van der Waals surface area contributed by atoms with Crippen molar-refractivity contribution in [3.05, 3.63) is 37.4 Å². The zero-order valence-corrected chi connectivity index (χ0v) is 13.9. The highest BCUT2D eigenvalue weighted by molar-refractivity contribution is 14.1. The average Bonchev–Trinajstić information content (AvgIpc) is 2.86. The Labute approximate surface area is 135 Å². The van der Waals surface area contributed by atoms with Crippen molar-refractivity contribution in [1.82, 2.24) is 5.32 Å². The maximum absolute atomic E-state index is 12.2. The van der Waals surface area contributed by atoms with Crippen LogP contribution in [0.5, 0.6) is 0 Å². The number of nitro benzene ring substituents is 1. The van der Waals surface area contributed by atoms with Gasteiger partial charge in [0.25, 0.3) is 11.6 Å². The van der Waals surface area contributed by atoms with Crippen molar-refractivity contribution in [2.75, 3.05) is 6.26 Å². The summed E-state index contributed by atoms with van der Waals surface area (Å²) in [6.45, 7) is 0. The molecule has 20 heavy (non-hydrogen) atoms. The molecule has 0 heterocycles. The summed E-state index contributed by atoms with van der Waals surface area (Å²) in [4.78, 5) is 22.5. The van der Waals surface area contributed by atoms with Crippen molar-refractivity contribution < 1.29 is 9.72 Å². The van der Waals surface area contributed by atoms with E-state index in [0.717, 1.165) is 22.8 Å². The standard InChI is InChI=1S/C13H15IN2O3S/c1-20-10-4-2-8(6-10)15-13(17)11-7-9(16(18)19)3-5-12(11)14/h3,5,7-8,10H,2,4,6H2,1H3,(H,15,17). The first kappa shape index (κ1) is 15.6. The molecular formula is C13H15IN2O3S. The van der Waals surface area contributed by atoms with Gasteiger partial charge < -0.3 is 5.32 Å². The smallest absolute Gasteiger partial charge is 0.270 e. The summed E-state index contributed by atoms with van der Waals surface area (Å²) in [5, 5.41) is 14.4. The predicted octanol–water partition coefficient (Wildman–Crippen LogP) is 3.21. The third-order valence-electron chi connectivity index (χ3n) is 3.46. The number of non-ortho nitro benzene ring substituents is 1. The Morgan fingerprint density at radius 1 is 1.50 bits per heavy atom. The fraction of sp³-hybridized carbons (Fsp3) is 0.462. The molecule has 1 aromatic carbocycles. The highest BCUT2D eigenvalue weighted by Gasteiger charge is 2.26. The molecule has 1 amide bonds. The highest BCUT2D eigenvalue weighted by Crippen LogP contribution is 2.28. The third-order valence-corrected chi connectivity index (χ3v) is 5.49. The number of halogens is 1. The summed E-state index contributed by atoms with van der Waals surface area (Å²) in [5.41, 5.74) is 0.330. The molecule has 1 saturated carbocycles. The largest absolute Gasteiger partial charge is 0.349 e. The number of nitro groups is 1. The van der Waals surface area contributed by atoms with Gasteiger partial charge in [0.2, 0.25) is 0 Å². The lowest BCUT2D eigenvalue weighted by molar-refractivity contribution is -0.384. The number of hydrogen-bond acceptors (Lipinski definition) is 4. The maximum Gasteiger partial charge on any atom is 0.270 e. The number of rotatable bonds is 4. The first-order valence-electron chi connectivity index (χ1n) is 6.29. The minimum absolute atomic E-state index is 0.0519. The monoisotopic (exact) mass is 406 g/mol. The van der Waals surface area contributed by atoms with Gasteiger partial charge in [-0.2, -0.15) is 11.8 Å². The third kappa shape index (κ3) is 3.63. The van der Waals surface area contributed by atoms with Gasteiger partial charge >= 0.3 is 0 Å². The van der Waals surface area contributed by atoms with Crippen LogP contribution in [0, 0.1) is 13.7 Å². The lowest BCUT2D eigenvalue weighted by atomic mass is 10.1. The highest BCUT2D eigenvalue weighted by atomic mass is 127. The van der Waals surface area contributed by atoms with Crippen molar-refractivity contribution in [3.8, 4) is 0 Å². The summed E-state index contributed by atoms with van der Waals surface area (Å²) >= 11 is 3.85. The minimum Gasteiger partial charge on any atom is -0.349 e. The molecule has 5 nitrogen and oxygen atoms in total. The number of nitrogens with one attached hydrogen (secondary N) is 1. The van der Waals surface area contributed by atoms with E-state index < -0.39 is 4.92 Å². The van der Waals surface area contributed by atoms with Gasteiger partial charge in [0.15, 0.2) is 0 Å². The molecule has 1 aromatic rings. The molecule has 0 aromatic heterocycles. The van der Waals surface area contributed by atoms with Gasteiger partial charge in [0, 0.05) is 27.0 Å². The van der Waals surface area contributed by atoms with Crippen LogP contribution in [0.4, 0.5) is 5.69 Å². The van der Waals surface area contributed by atoms with Crippen molar-refractivity contribution in [3.63, 3.8) is 0 Å². The Kier molecular flexibility index (Phi) is 5.25. The Morgan fingerprint density at radius 3 is 2.85 bits per heavy atom. The summed E-state index contributed by atoms with van der Waals surface area (Å²) in [6.07, 6.45) is 5.14. The fourth-order valence-electron chi connectivity index (χ4n) is 2.35. The normalized spacial score (nSPS) is 21.7. The second kappa shape index (κ2) is 6.75. The van der Waals surface area contributed by atoms with Crippen molar-refractivity contribution in [2.45, 2.75) is 30.6 Å². The molecule has 0 bridgehead atoms. The zero-order chi connectivity index (χ0) is 14.7. The number of hydrogen-bond donors (Lipinski definition) is 1. The molecular weight excluding hydrogens is 391 g/mol. The first-order chi connectivity index (χ1) is 9.51. The number of benzene rings is 1. The van der Waals surface area contributed by atoms with Gasteiger partial charge in [-0.1, -0.05) is 0 Å². The minimum atomic E-state index is -0.480. The molecule has 1 aliphatic rings. The molecule has 7 heteroatoms. The van der Waals surface area contributed by atoms with Gasteiger partial charge in [-0.15, -0.1) is 0 Å². The van der Waals surface area contributed by atoms with E-state index in [9.17, 15) is 14.9 Å². The predicted molar refractivity (Wildman–Crippen MR) is 88.2 cm³/mol.